The molecule has 0 N–H and O–H groups in total. The van der Waals surface area contributed by atoms with Gasteiger partial charge >= 0.3 is 0 Å². The van der Waals surface area contributed by atoms with E-state index in [1.54, 1.807) is 0 Å². The second-order valence-corrected chi connectivity index (χ2v) is 15.8. The van der Waals surface area contributed by atoms with Crippen LogP contribution in [-0.2, 0) is 0 Å². The van der Waals surface area contributed by atoms with Gasteiger partial charge in [-0.2, -0.15) is 0 Å². The average molecular weight is 697 g/mol. The van der Waals surface area contributed by atoms with Gasteiger partial charge in [-0.15, -0.1) is 22.7 Å². The summed E-state index contributed by atoms with van der Waals surface area (Å²) in [7, 11) is 0. The minimum Gasteiger partial charge on any atom is -0.372 e. The quantitative estimate of drug-likeness (QED) is 0.0928. The smallest absolute Gasteiger partial charge is 0.0427 e. The van der Waals surface area contributed by atoms with Gasteiger partial charge < -0.3 is 9.80 Å². The Balaban J connectivity index is 1.27. The zero-order valence-corrected chi connectivity index (χ0v) is 32.1. The maximum Gasteiger partial charge on any atom is 0.0427 e. The van der Waals surface area contributed by atoms with Crippen LogP contribution in [0.2, 0.25) is 0 Å². The van der Waals surface area contributed by atoms with Crippen molar-refractivity contribution in [3.8, 4) is 22.3 Å². The van der Waals surface area contributed by atoms with Crippen molar-refractivity contribution in [2.45, 2.75) is 79.1 Å². The molecule has 258 valence electrons. The summed E-state index contributed by atoms with van der Waals surface area (Å²) in [6.45, 7) is 13.7. The first-order valence-corrected chi connectivity index (χ1v) is 20.9. The highest BCUT2D eigenvalue weighted by Crippen LogP contribution is 2.44. The average Bonchev–Trinajstić information content (AvgIpc) is 3.86. The number of benzene rings is 5. The predicted octanol–water partition coefficient (Wildman–Crippen LogP) is 14.6. The number of thiophene rings is 2. The molecule has 0 aliphatic heterocycles. The van der Waals surface area contributed by atoms with Gasteiger partial charge in [0, 0.05) is 68.5 Å². The molecule has 0 amide bonds. The van der Waals surface area contributed by atoms with Crippen LogP contribution >= 0.6 is 22.7 Å². The van der Waals surface area contributed by atoms with Gasteiger partial charge in [-0.3, -0.25) is 0 Å². The molecule has 0 atom stereocenters. The van der Waals surface area contributed by atoms with Crippen molar-refractivity contribution in [1.29, 1.82) is 0 Å². The van der Waals surface area contributed by atoms with Crippen LogP contribution in [0.1, 0.15) is 79.1 Å². The van der Waals surface area contributed by atoms with E-state index in [0.717, 1.165) is 26.2 Å². The molecule has 4 heteroatoms. The van der Waals surface area contributed by atoms with E-state index in [0.29, 0.717) is 0 Å². The Labute approximate surface area is 307 Å². The van der Waals surface area contributed by atoms with Crippen LogP contribution < -0.4 is 9.80 Å². The Bertz CT molecular complexity index is 2000. The number of nitrogens with zero attached hydrogens (tertiary/aromatic N) is 2. The molecule has 50 heavy (non-hydrogen) atoms. The Morgan fingerprint density at radius 2 is 0.780 bits per heavy atom. The third kappa shape index (κ3) is 7.02. The standard InChI is InChI=1S/C46H52N2S2/c1-5-9-23-47(24-10-6-2)37-17-13-33(14-18-37)41-29-35-31-44-36(32-43(35)45-39(41)21-27-49-45)30-42(40-22-28-50-46(40)44)34-15-19-38(20-16-34)48(25-11-7-3)26-12-8-4/h13-22,27-32H,5-12,23-26H2,1-4H3. The van der Waals surface area contributed by atoms with Gasteiger partial charge in [0.2, 0.25) is 0 Å². The monoisotopic (exact) mass is 696 g/mol. The van der Waals surface area contributed by atoms with Gasteiger partial charge in [-0.25, -0.2) is 0 Å². The lowest BCUT2D eigenvalue weighted by Gasteiger charge is -2.25. The van der Waals surface area contributed by atoms with E-state index >= 15 is 0 Å². The minimum atomic E-state index is 1.13. The third-order valence-corrected chi connectivity index (χ3v) is 12.3. The number of rotatable bonds is 16. The lowest BCUT2D eigenvalue weighted by molar-refractivity contribution is 0.678. The maximum atomic E-state index is 2.58. The highest BCUT2D eigenvalue weighted by molar-refractivity contribution is 7.18. The summed E-state index contributed by atoms with van der Waals surface area (Å²) >= 11 is 3.74. The summed E-state index contributed by atoms with van der Waals surface area (Å²) in [5.41, 5.74) is 7.96. The summed E-state index contributed by atoms with van der Waals surface area (Å²) < 4.78 is 2.76. The summed E-state index contributed by atoms with van der Waals surface area (Å²) in [5, 5.41) is 12.6. The molecular formula is C46H52N2S2. The molecule has 0 unspecified atom stereocenters. The van der Waals surface area contributed by atoms with Crippen molar-refractivity contribution in [1.82, 2.24) is 0 Å². The number of hydrogen-bond acceptors (Lipinski definition) is 4. The first-order valence-electron chi connectivity index (χ1n) is 19.1. The van der Waals surface area contributed by atoms with Crippen LogP contribution in [0.3, 0.4) is 0 Å². The molecule has 7 aromatic rings. The fourth-order valence-electron chi connectivity index (χ4n) is 7.51. The molecule has 2 heterocycles. The number of fused-ring (bicyclic) bond motifs is 6. The topological polar surface area (TPSA) is 6.48 Å². The van der Waals surface area contributed by atoms with Crippen molar-refractivity contribution in [3.05, 3.63) is 95.7 Å². The van der Waals surface area contributed by atoms with Crippen LogP contribution in [0.4, 0.5) is 11.4 Å². The molecule has 5 aromatic carbocycles. The molecule has 0 radical (unpaired) electrons. The van der Waals surface area contributed by atoms with Crippen molar-refractivity contribution < 1.29 is 0 Å². The van der Waals surface area contributed by atoms with Crippen LogP contribution in [0, 0.1) is 0 Å². The Hall–Kier alpha value is -3.86. The van der Waals surface area contributed by atoms with Gasteiger partial charge in [-0.1, -0.05) is 77.6 Å². The third-order valence-electron chi connectivity index (χ3n) is 10.4. The first-order chi connectivity index (χ1) is 24.6. The summed E-state index contributed by atoms with van der Waals surface area (Å²) in [6.07, 6.45) is 9.86. The lowest BCUT2D eigenvalue weighted by atomic mass is 9.93. The number of unbranched alkanes of at least 4 members (excludes halogenated alkanes) is 4. The van der Waals surface area contributed by atoms with E-state index in [2.05, 4.69) is 133 Å². The molecule has 0 saturated carbocycles. The van der Waals surface area contributed by atoms with Gasteiger partial charge in [-0.05, 0) is 130 Å². The summed E-state index contributed by atoms with van der Waals surface area (Å²) in [5.74, 6) is 0. The van der Waals surface area contributed by atoms with E-state index in [1.165, 1.54) is 127 Å². The molecule has 0 bridgehead atoms. The van der Waals surface area contributed by atoms with E-state index < -0.39 is 0 Å². The zero-order chi connectivity index (χ0) is 34.5. The Morgan fingerprint density at radius 3 is 1.12 bits per heavy atom. The molecule has 0 spiro atoms. The van der Waals surface area contributed by atoms with Crippen LogP contribution in [0.5, 0.6) is 0 Å². The fourth-order valence-corrected chi connectivity index (χ4v) is 9.41. The van der Waals surface area contributed by atoms with Crippen molar-refractivity contribution in [2.75, 3.05) is 36.0 Å². The molecule has 0 fully saturated rings. The SMILES string of the molecule is CCCCN(CCCC)c1ccc(-c2cc3cc4c(cc(-c5ccc(N(CCCC)CCCC)cc5)c5ccsc54)cc3c3sccc23)cc1. The Morgan fingerprint density at radius 1 is 0.420 bits per heavy atom. The van der Waals surface area contributed by atoms with Crippen molar-refractivity contribution in [3.63, 3.8) is 0 Å². The molecule has 0 saturated heterocycles. The van der Waals surface area contributed by atoms with E-state index in [4.69, 9.17) is 0 Å². The molecule has 7 rings (SSSR count). The van der Waals surface area contributed by atoms with E-state index in [1.807, 2.05) is 22.7 Å². The largest absolute Gasteiger partial charge is 0.372 e. The summed E-state index contributed by atoms with van der Waals surface area (Å²) in [4.78, 5) is 5.16. The van der Waals surface area contributed by atoms with E-state index in [-0.39, 0.29) is 0 Å². The predicted molar refractivity (Wildman–Crippen MR) is 227 cm³/mol. The van der Waals surface area contributed by atoms with Crippen molar-refractivity contribution >= 4 is 75.8 Å². The van der Waals surface area contributed by atoms with Gasteiger partial charge in [0.25, 0.3) is 0 Å². The Kier molecular flexibility index (Phi) is 11.1. The first kappa shape index (κ1) is 34.6. The highest BCUT2D eigenvalue weighted by atomic mass is 32.1. The molecule has 2 nitrogen and oxygen atoms in total. The van der Waals surface area contributed by atoms with Gasteiger partial charge in [0.1, 0.15) is 0 Å². The zero-order valence-electron chi connectivity index (χ0n) is 30.4. The number of anilines is 2. The van der Waals surface area contributed by atoms with Crippen LogP contribution in [0.15, 0.2) is 95.7 Å². The maximum absolute atomic E-state index is 2.58. The van der Waals surface area contributed by atoms with Gasteiger partial charge in [0.05, 0.1) is 0 Å². The van der Waals surface area contributed by atoms with Crippen LogP contribution in [-0.4, -0.2) is 26.2 Å². The molecule has 0 aliphatic rings. The lowest BCUT2D eigenvalue weighted by Crippen LogP contribution is -2.25. The second-order valence-electron chi connectivity index (χ2n) is 14.0. The minimum absolute atomic E-state index is 1.13. The number of hydrogen-bond donors (Lipinski definition) is 0. The molecule has 2 aromatic heterocycles. The second kappa shape index (κ2) is 16.0. The normalized spacial score (nSPS) is 11.8. The molecule has 0 aliphatic carbocycles. The molecular weight excluding hydrogens is 645 g/mol. The summed E-state index contributed by atoms with van der Waals surface area (Å²) in [6, 6.07) is 33.2. The fraction of sp³-hybridized carbons (Fsp3) is 0.348. The highest BCUT2D eigenvalue weighted by Gasteiger charge is 2.16. The van der Waals surface area contributed by atoms with E-state index in [9.17, 15) is 0 Å². The van der Waals surface area contributed by atoms with Crippen molar-refractivity contribution in [2.24, 2.45) is 0 Å². The van der Waals surface area contributed by atoms with Gasteiger partial charge in [0.15, 0.2) is 0 Å². The van der Waals surface area contributed by atoms with Crippen LogP contribution in [0.25, 0.3) is 64.0 Å².